The van der Waals surface area contributed by atoms with E-state index in [0.717, 1.165) is 23.2 Å². The van der Waals surface area contributed by atoms with E-state index in [1.165, 1.54) is 13.0 Å². The predicted octanol–water partition coefficient (Wildman–Crippen LogP) is 2.05. The zero-order valence-corrected chi connectivity index (χ0v) is 8.55. The van der Waals surface area contributed by atoms with Crippen molar-refractivity contribution in [2.24, 2.45) is 0 Å². The van der Waals surface area contributed by atoms with Gasteiger partial charge in [0.1, 0.15) is 0 Å². The van der Waals surface area contributed by atoms with E-state index in [0.29, 0.717) is 5.56 Å². The minimum atomic E-state index is -0.0277. The first-order valence-corrected chi connectivity index (χ1v) is 4.39. The molecular weight excluding hydrogens is 178 g/mol. The van der Waals surface area contributed by atoms with Crippen molar-refractivity contribution in [3.8, 4) is 0 Å². The quantitative estimate of drug-likeness (QED) is 0.587. The summed E-state index contributed by atoms with van der Waals surface area (Å²) in [6.07, 6.45) is 3.94. The zero-order valence-electron chi connectivity index (χ0n) is 8.55. The highest BCUT2D eigenvalue weighted by Crippen LogP contribution is 2.17. The van der Waals surface area contributed by atoms with Gasteiger partial charge in [0.25, 0.3) is 0 Å². The van der Waals surface area contributed by atoms with Crippen LogP contribution in [0.1, 0.15) is 34.2 Å². The highest BCUT2D eigenvalue weighted by molar-refractivity contribution is 5.94. The van der Waals surface area contributed by atoms with Crippen molar-refractivity contribution in [1.29, 1.82) is 0 Å². The fraction of sp³-hybridized carbons (Fsp3) is 0.273. The predicted molar refractivity (Wildman–Crippen MR) is 55.4 cm³/mol. The smallest absolute Gasteiger partial charge is 0.152 e. The van der Waals surface area contributed by atoms with Crippen molar-refractivity contribution in [2.75, 3.05) is 0 Å². The molecule has 0 bridgehead atoms. The van der Waals surface area contributed by atoms with E-state index in [4.69, 9.17) is 0 Å². The number of H-pyrrole nitrogens is 1. The van der Waals surface area contributed by atoms with Crippen molar-refractivity contribution in [3.63, 3.8) is 0 Å². The number of ketones is 1. The van der Waals surface area contributed by atoms with Gasteiger partial charge in [-0.25, -0.2) is 0 Å². The lowest BCUT2D eigenvalue weighted by Crippen LogP contribution is -1.86. The summed E-state index contributed by atoms with van der Waals surface area (Å²) in [6, 6.07) is 0. The van der Waals surface area contributed by atoms with Crippen molar-refractivity contribution in [3.05, 3.63) is 28.6 Å². The van der Waals surface area contributed by atoms with Crippen LogP contribution in [0.5, 0.6) is 0 Å². The Bertz CT molecular complexity index is 400. The summed E-state index contributed by atoms with van der Waals surface area (Å²) in [4.78, 5) is 24.6. The Balaban J connectivity index is 3.18. The van der Waals surface area contributed by atoms with Crippen LogP contribution in [0.4, 0.5) is 0 Å². The molecule has 1 rings (SSSR count). The van der Waals surface area contributed by atoms with Gasteiger partial charge in [-0.2, -0.15) is 0 Å². The maximum atomic E-state index is 10.8. The van der Waals surface area contributed by atoms with Crippen molar-refractivity contribution < 1.29 is 9.59 Å². The molecule has 0 aliphatic carbocycles. The second-order valence-electron chi connectivity index (χ2n) is 3.26. The summed E-state index contributed by atoms with van der Waals surface area (Å²) in [7, 11) is 0. The molecule has 0 spiro atoms. The molecule has 14 heavy (non-hydrogen) atoms. The van der Waals surface area contributed by atoms with E-state index in [1.807, 2.05) is 13.8 Å². The number of aromatic amines is 1. The number of aryl methyl sites for hydroxylation is 2. The SMILES string of the molecule is CC(=O)C=Cc1c(C)[nH]c(C)c1C=O. The van der Waals surface area contributed by atoms with E-state index >= 15 is 0 Å². The Morgan fingerprint density at radius 3 is 2.29 bits per heavy atom. The van der Waals surface area contributed by atoms with Crippen LogP contribution in [0.3, 0.4) is 0 Å². The Morgan fingerprint density at radius 1 is 1.21 bits per heavy atom. The molecule has 0 aliphatic heterocycles. The third-order valence-electron chi connectivity index (χ3n) is 2.08. The number of allylic oxidation sites excluding steroid dienone is 1. The van der Waals surface area contributed by atoms with Gasteiger partial charge in [-0.05, 0) is 32.9 Å². The van der Waals surface area contributed by atoms with Crippen LogP contribution in [-0.2, 0) is 4.79 Å². The molecule has 74 valence electrons. The van der Waals surface area contributed by atoms with Crippen LogP contribution >= 0.6 is 0 Å². The number of carbonyl (C=O) groups is 2. The molecule has 0 aromatic carbocycles. The summed E-state index contributed by atoms with van der Waals surface area (Å²) >= 11 is 0. The van der Waals surface area contributed by atoms with E-state index in [2.05, 4.69) is 4.98 Å². The van der Waals surface area contributed by atoms with Crippen LogP contribution in [0.2, 0.25) is 0 Å². The van der Waals surface area contributed by atoms with Gasteiger partial charge < -0.3 is 4.98 Å². The summed E-state index contributed by atoms with van der Waals surface area (Å²) in [5.41, 5.74) is 3.16. The first-order chi connectivity index (χ1) is 6.56. The maximum absolute atomic E-state index is 10.8. The number of aromatic nitrogens is 1. The Hall–Kier alpha value is -1.64. The minimum absolute atomic E-state index is 0.0277. The summed E-state index contributed by atoms with van der Waals surface area (Å²) < 4.78 is 0. The lowest BCUT2D eigenvalue weighted by atomic mass is 10.1. The number of nitrogens with one attached hydrogen (secondary N) is 1. The fourth-order valence-corrected chi connectivity index (χ4v) is 1.39. The van der Waals surface area contributed by atoms with E-state index in [1.54, 1.807) is 6.08 Å². The van der Waals surface area contributed by atoms with Gasteiger partial charge in [-0.3, -0.25) is 9.59 Å². The van der Waals surface area contributed by atoms with Gasteiger partial charge in [0.05, 0.1) is 0 Å². The molecule has 0 unspecified atom stereocenters. The number of aldehydes is 1. The Labute approximate surface area is 82.8 Å². The van der Waals surface area contributed by atoms with E-state index in [-0.39, 0.29) is 5.78 Å². The maximum Gasteiger partial charge on any atom is 0.152 e. The number of hydrogen-bond donors (Lipinski definition) is 1. The standard InChI is InChI=1S/C11H13NO2/c1-7(14)4-5-10-8(2)12-9(3)11(10)6-13/h4-6,12H,1-3H3. The molecule has 3 heteroatoms. The molecule has 0 fully saturated rings. The molecule has 1 aromatic rings. The molecule has 0 aliphatic rings. The third-order valence-corrected chi connectivity index (χ3v) is 2.08. The van der Waals surface area contributed by atoms with Crippen LogP contribution < -0.4 is 0 Å². The first kappa shape index (κ1) is 10.4. The van der Waals surface area contributed by atoms with Crippen LogP contribution in [-0.4, -0.2) is 17.1 Å². The molecule has 1 N–H and O–H groups in total. The molecule has 1 heterocycles. The first-order valence-electron chi connectivity index (χ1n) is 4.39. The second kappa shape index (κ2) is 4.05. The largest absolute Gasteiger partial charge is 0.362 e. The lowest BCUT2D eigenvalue weighted by molar-refractivity contribution is -0.112. The number of rotatable bonds is 3. The molecule has 0 atom stereocenters. The van der Waals surface area contributed by atoms with Crippen LogP contribution in [0.15, 0.2) is 6.08 Å². The minimum Gasteiger partial charge on any atom is -0.362 e. The topological polar surface area (TPSA) is 49.9 Å². The fourth-order valence-electron chi connectivity index (χ4n) is 1.39. The van der Waals surface area contributed by atoms with Crippen LogP contribution in [0, 0.1) is 13.8 Å². The van der Waals surface area contributed by atoms with Crippen LogP contribution in [0.25, 0.3) is 6.08 Å². The third kappa shape index (κ3) is 1.99. The van der Waals surface area contributed by atoms with Gasteiger partial charge in [-0.1, -0.05) is 0 Å². The second-order valence-corrected chi connectivity index (χ2v) is 3.26. The highest BCUT2D eigenvalue weighted by Gasteiger charge is 2.08. The summed E-state index contributed by atoms with van der Waals surface area (Å²) in [6.45, 7) is 5.19. The van der Waals surface area contributed by atoms with Gasteiger partial charge >= 0.3 is 0 Å². The summed E-state index contributed by atoms with van der Waals surface area (Å²) in [5, 5.41) is 0. The molecule has 1 aromatic heterocycles. The Kier molecular flexibility index (Phi) is 3.02. The number of carbonyl (C=O) groups excluding carboxylic acids is 2. The highest BCUT2D eigenvalue weighted by atomic mass is 16.1. The average molecular weight is 191 g/mol. The molecular formula is C11H13NO2. The van der Waals surface area contributed by atoms with Crippen molar-refractivity contribution >= 4 is 18.1 Å². The van der Waals surface area contributed by atoms with E-state index < -0.39 is 0 Å². The van der Waals surface area contributed by atoms with Gasteiger partial charge in [0.15, 0.2) is 12.1 Å². The van der Waals surface area contributed by atoms with Gasteiger partial charge in [0, 0.05) is 22.5 Å². The normalized spacial score (nSPS) is 10.8. The van der Waals surface area contributed by atoms with E-state index in [9.17, 15) is 9.59 Å². The molecule has 0 amide bonds. The molecule has 0 saturated heterocycles. The molecule has 0 saturated carbocycles. The lowest BCUT2D eigenvalue weighted by Gasteiger charge is -1.91. The van der Waals surface area contributed by atoms with Gasteiger partial charge in [-0.15, -0.1) is 0 Å². The average Bonchev–Trinajstić information content (AvgIpc) is 2.36. The zero-order chi connectivity index (χ0) is 10.7. The number of hydrogen-bond acceptors (Lipinski definition) is 2. The van der Waals surface area contributed by atoms with Crippen molar-refractivity contribution in [1.82, 2.24) is 4.98 Å². The Morgan fingerprint density at radius 2 is 1.79 bits per heavy atom. The van der Waals surface area contributed by atoms with Gasteiger partial charge in [0.2, 0.25) is 0 Å². The molecule has 0 radical (unpaired) electrons. The molecule has 3 nitrogen and oxygen atoms in total. The monoisotopic (exact) mass is 191 g/mol. The van der Waals surface area contributed by atoms with Crippen molar-refractivity contribution in [2.45, 2.75) is 20.8 Å². The summed E-state index contributed by atoms with van der Waals surface area (Å²) in [5.74, 6) is -0.0277.